The fourth-order valence-electron chi connectivity index (χ4n) is 2.59. The van der Waals surface area contributed by atoms with E-state index in [1.807, 2.05) is 50.2 Å². The first-order chi connectivity index (χ1) is 13.5. The van der Waals surface area contributed by atoms with Gasteiger partial charge in [-0.1, -0.05) is 24.3 Å². The first-order valence-electron chi connectivity index (χ1n) is 8.94. The Balaban J connectivity index is 1.62. The molecular formula is C23H21FN2O2. The first-order valence-corrected chi connectivity index (χ1v) is 8.94. The molecule has 0 aliphatic rings. The summed E-state index contributed by atoms with van der Waals surface area (Å²) >= 11 is 0. The van der Waals surface area contributed by atoms with Crippen LogP contribution in [0.25, 0.3) is 6.08 Å². The molecule has 2 aromatic carbocycles. The summed E-state index contributed by atoms with van der Waals surface area (Å²) in [4.78, 5) is 16.4. The largest absolute Gasteiger partial charge is 0.456 e. The number of hydrogen-bond donors (Lipinski definition) is 1. The van der Waals surface area contributed by atoms with Crippen molar-refractivity contribution in [1.82, 2.24) is 10.3 Å². The molecule has 1 aromatic heterocycles. The molecule has 0 saturated carbocycles. The Labute approximate surface area is 163 Å². The molecule has 1 heterocycles. The number of rotatable bonds is 6. The lowest BCUT2D eigenvalue weighted by molar-refractivity contribution is -0.117. The number of aryl methyl sites for hydroxylation is 1. The van der Waals surface area contributed by atoms with Crippen LogP contribution in [-0.2, 0) is 4.79 Å². The van der Waals surface area contributed by atoms with E-state index >= 15 is 0 Å². The van der Waals surface area contributed by atoms with Crippen LogP contribution in [0.2, 0.25) is 0 Å². The minimum Gasteiger partial charge on any atom is -0.456 e. The molecule has 0 unspecified atom stereocenters. The highest BCUT2D eigenvalue weighted by Crippen LogP contribution is 2.24. The summed E-state index contributed by atoms with van der Waals surface area (Å²) in [6.07, 6.45) is 4.75. The average Bonchev–Trinajstić information content (AvgIpc) is 2.69. The van der Waals surface area contributed by atoms with E-state index < -0.39 is 0 Å². The molecule has 4 nitrogen and oxygen atoms in total. The van der Waals surface area contributed by atoms with E-state index in [-0.39, 0.29) is 17.8 Å². The van der Waals surface area contributed by atoms with Gasteiger partial charge in [0.05, 0.1) is 12.2 Å². The molecule has 0 spiro atoms. The topological polar surface area (TPSA) is 51.2 Å². The number of ether oxygens (including phenoxy) is 1. The third kappa shape index (κ3) is 5.51. The molecule has 3 aromatic rings. The van der Waals surface area contributed by atoms with Crippen LogP contribution in [-0.4, -0.2) is 10.9 Å². The molecule has 0 saturated heterocycles. The molecule has 1 N–H and O–H groups in total. The maximum Gasteiger partial charge on any atom is 0.244 e. The van der Waals surface area contributed by atoms with Crippen LogP contribution >= 0.6 is 0 Å². The molecule has 3 rings (SSSR count). The summed E-state index contributed by atoms with van der Waals surface area (Å²) in [6.45, 7) is 3.81. The highest BCUT2D eigenvalue weighted by Gasteiger charge is 2.09. The number of nitrogens with zero attached hydrogens (tertiary/aromatic N) is 1. The fourth-order valence-corrected chi connectivity index (χ4v) is 2.59. The maximum atomic E-state index is 12.9. The Kier molecular flexibility index (Phi) is 6.17. The molecule has 1 atom stereocenters. The standard InChI is InChI=1S/C23H21FN2O2/c1-16-6-12-22(15-25-16)28-21-5-3-4-19(14-21)17(2)26-23(27)13-9-18-7-10-20(24)11-8-18/h3-15,17H,1-2H3,(H,26,27)/t17-/m0/s1. The molecule has 0 radical (unpaired) electrons. The van der Waals surface area contributed by atoms with Crippen LogP contribution in [0.5, 0.6) is 11.5 Å². The van der Waals surface area contributed by atoms with Gasteiger partial charge in [0.2, 0.25) is 5.91 Å². The van der Waals surface area contributed by atoms with E-state index in [0.717, 1.165) is 16.8 Å². The van der Waals surface area contributed by atoms with E-state index in [4.69, 9.17) is 4.74 Å². The number of benzene rings is 2. The van der Waals surface area contributed by atoms with Crippen molar-refractivity contribution in [3.8, 4) is 11.5 Å². The minimum absolute atomic E-state index is 0.204. The van der Waals surface area contributed by atoms with Crippen LogP contribution in [0.3, 0.4) is 0 Å². The van der Waals surface area contributed by atoms with Crippen LogP contribution in [0.4, 0.5) is 4.39 Å². The summed E-state index contributed by atoms with van der Waals surface area (Å²) in [5, 5.41) is 2.91. The van der Waals surface area contributed by atoms with Crippen LogP contribution in [0, 0.1) is 12.7 Å². The second-order valence-corrected chi connectivity index (χ2v) is 6.42. The highest BCUT2D eigenvalue weighted by atomic mass is 19.1. The van der Waals surface area contributed by atoms with Gasteiger partial charge in [-0.2, -0.15) is 0 Å². The SMILES string of the molecule is Cc1ccc(Oc2cccc([C@H](C)NC(=O)C=Cc3ccc(F)cc3)c2)cn1. The van der Waals surface area contributed by atoms with Gasteiger partial charge < -0.3 is 10.1 Å². The number of hydrogen-bond acceptors (Lipinski definition) is 3. The molecule has 28 heavy (non-hydrogen) atoms. The van der Waals surface area contributed by atoms with Gasteiger partial charge in [-0.3, -0.25) is 9.78 Å². The van der Waals surface area contributed by atoms with Crippen molar-refractivity contribution < 1.29 is 13.9 Å². The summed E-state index contributed by atoms with van der Waals surface area (Å²) in [5.41, 5.74) is 2.60. The second-order valence-electron chi connectivity index (χ2n) is 6.42. The monoisotopic (exact) mass is 376 g/mol. The van der Waals surface area contributed by atoms with Gasteiger partial charge in [-0.05, 0) is 67.4 Å². The predicted molar refractivity (Wildman–Crippen MR) is 107 cm³/mol. The third-order valence-corrected chi connectivity index (χ3v) is 4.13. The van der Waals surface area contributed by atoms with Crippen LogP contribution in [0.1, 0.15) is 29.8 Å². The lowest BCUT2D eigenvalue weighted by Crippen LogP contribution is -2.24. The molecule has 142 valence electrons. The second kappa shape index (κ2) is 8.95. The smallest absolute Gasteiger partial charge is 0.244 e. The van der Waals surface area contributed by atoms with Gasteiger partial charge in [0.1, 0.15) is 17.3 Å². The minimum atomic E-state index is -0.307. The molecule has 0 bridgehead atoms. The lowest BCUT2D eigenvalue weighted by atomic mass is 10.1. The van der Waals surface area contributed by atoms with Crippen molar-refractivity contribution in [2.75, 3.05) is 0 Å². The van der Waals surface area contributed by atoms with Crippen molar-refractivity contribution in [1.29, 1.82) is 0 Å². The Morgan fingerprint density at radius 3 is 2.61 bits per heavy atom. The molecule has 0 aliphatic carbocycles. The van der Waals surface area contributed by atoms with E-state index in [1.165, 1.54) is 18.2 Å². The zero-order valence-electron chi connectivity index (χ0n) is 15.7. The number of amides is 1. The Hall–Kier alpha value is -3.47. The van der Waals surface area contributed by atoms with Gasteiger partial charge in [-0.25, -0.2) is 4.39 Å². The van der Waals surface area contributed by atoms with Gasteiger partial charge in [0, 0.05) is 11.8 Å². The summed E-state index contributed by atoms with van der Waals surface area (Å²) in [5.74, 6) is 0.789. The summed E-state index contributed by atoms with van der Waals surface area (Å²) in [7, 11) is 0. The van der Waals surface area contributed by atoms with Crippen molar-refractivity contribution in [3.05, 3.63) is 95.6 Å². The lowest BCUT2D eigenvalue weighted by Gasteiger charge is -2.14. The van der Waals surface area contributed by atoms with Crippen molar-refractivity contribution in [3.63, 3.8) is 0 Å². The van der Waals surface area contributed by atoms with Gasteiger partial charge >= 0.3 is 0 Å². The Morgan fingerprint density at radius 2 is 1.89 bits per heavy atom. The predicted octanol–water partition coefficient (Wildman–Crippen LogP) is 5.21. The number of pyridine rings is 1. The number of aromatic nitrogens is 1. The molecular weight excluding hydrogens is 355 g/mol. The summed E-state index contributed by atoms with van der Waals surface area (Å²) < 4.78 is 18.7. The number of carbonyl (C=O) groups is 1. The highest BCUT2D eigenvalue weighted by molar-refractivity contribution is 5.91. The Bertz CT molecular complexity index is 967. The van der Waals surface area contributed by atoms with Gasteiger partial charge in [-0.15, -0.1) is 0 Å². The number of nitrogens with one attached hydrogen (secondary N) is 1. The van der Waals surface area contributed by atoms with Crippen LogP contribution in [0.15, 0.2) is 72.9 Å². The molecule has 0 fully saturated rings. The van der Waals surface area contributed by atoms with Crippen LogP contribution < -0.4 is 10.1 Å². The summed E-state index contributed by atoms with van der Waals surface area (Å²) in [6, 6.07) is 17.0. The van der Waals surface area contributed by atoms with Gasteiger partial charge in [0.25, 0.3) is 0 Å². The third-order valence-electron chi connectivity index (χ3n) is 4.13. The van der Waals surface area contributed by atoms with Crippen molar-refractivity contribution in [2.45, 2.75) is 19.9 Å². The molecule has 5 heteroatoms. The van der Waals surface area contributed by atoms with Crippen molar-refractivity contribution >= 4 is 12.0 Å². The van der Waals surface area contributed by atoms with E-state index in [1.54, 1.807) is 24.4 Å². The number of halogens is 1. The normalized spacial score (nSPS) is 12.0. The quantitative estimate of drug-likeness (QED) is 0.601. The Morgan fingerprint density at radius 1 is 1.11 bits per heavy atom. The van der Waals surface area contributed by atoms with Gasteiger partial charge in [0.15, 0.2) is 0 Å². The average molecular weight is 376 g/mol. The van der Waals surface area contributed by atoms with Crippen molar-refractivity contribution in [2.24, 2.45) is 0 Å². The number of carbonyl (C=O) groups excluding carboxylic acids is 1. The zero-order chi connectivity index (χ0) is 19.9. The zero-order valence-corrected chi connectivity index (χ0v) is 15.7. The first kappa shape index (κ1) is 19.3. The molecule has 0 aliphatic heterocycles. The molecule has 1 amide bonds. The van der Waals surface area contributed by atoms with E-state index in [0.29, 0.717) is 11.5 Å². The fraction of sp³-hybridized carbons (Fsp3) is 0.130. The van der Waals surface area contributed by atoms with E-state index in [2.05, 4.69) is 10.3 Å². The maximum absolute atomic E-state index is 12.9. The van der Waals surface area contributed by atoms with E-state index in [9.17, 15) is 9.18 Å².